The lowest BCUT2D eigenvalue weighted by Crippen LogP contribution is -2.36. The second-order valence-corrected chi connectivity index (χ2v) is 7.64. The smallest absolute Gasteiger partial charge is 0.413 e. The van der Waals surface area contributed by atoms with Crippen molar-refractivity contribution >= 4 is 58.2 Å². The number of thiocarbonyl (C=S) groups is 2. The Morgan fingerprint density at radius 2 is 0.941 bits per heavy atom. The van der Waals surface area contributed by atoms with Crippen molar-refractivity contribution in [1.82, 2.24) is 10.6 Å². The number of para-hydroxylation sites is 2. The molecule has 2 amide bonds. The third kappa shape index (κ3) is 8.49. The molecule has 0 saturated carbocycles. The minimum absolute atomic E-state index is 0.0356. The minimum atomic E-state index is -0.690. The van der Waals surface area contributed by atoms with E-state index < -0.39 is 12.2 Å². The van der Waals surface area contributed by atoms with Crippen LogP contribution in [0.15, 0.2) is 84.9 Å². The molecule has 3 rings (SSSR count). The van der Waals surface area contributed by atoms with Crippen LogP contribution in [0.5, 0.6) is 0 Å². The Morgan fingerprint density at radius 3 is 1.32 bits per heavy atom. The summed E-state index contributed by atoms with van der Waals surface area (Å²) in [5.41, 5.74) is 2.76. The van der Waals surface area contributed by atoms with Gasteiger partial charge in [-0.3, -0.25) is 10.6 Å². The molecule has 34 heavy (non-hydrogen) atoms. The molecule has 3 aromatic rings. The molecule has 0 bridgehead atoms. The average Bonchev–Trinajstić information content (AvgIpc) is 2.84. The lowest BCUT2D eigenvalue weighted by molar-refractivity contribution is 0.144. The minimum Gasteiger partial charge on any atom is -0.444 e. The van der Waals surface area contributed by atoms with Crippen molar-refractivity contribution in [1.29, 1.82) is 0 Å². The average molecular weight is 495 g/mol. The fourth-order valence-electron chi connectivity index (χ4n) is 2.71. The van der Waals surface area contributed by atoms with E-state index >= 15 is 0 Å². The Morgan fingerprint density at radius 1 is 0.588 bits per heavy atom. The second-order valence-electron chi connectivity index (χ2n) is 6.83. The molecular formula is C24H22N4O4S2. The fraction of sp³-hybridized carbons (Fsp3) is 0.0833. The van der Waals surface area contributed by atoms with Gasteiger partial charge in [0.05, 0.1) is 11.4 Å². The molecule has 0 radical (unpaired) electrons. The summed E-state index contributed by atoms with van der Waals surface area (Å²) in [5, 5.41) is 10.8. The van der Waals surface area contributed by atoms with Gasteiger partial charge in [-0.1, -0.05) is 72.8 Å². The van der Waals surface area contributed by atoms with Crippen LogP contribution in [0.1, 0.15) is 11.1 Å². The first kappa shape index (κ1) is 24.6. The summed E-state index contributed by atoms with van der Waals surface area (Å²) >= 11 is 10.4. The van der Waals surface area contributed by atoms with Crippen LogP contribution in [0.25, 0.3) is 0 Å². The fourth-order valence-corrected chi connectivity index (χ4v) is 3.10. The molecule has 0 aliphatic heterocycles. The molecule has 3 aromatic carbocycles. The van der Waals surface area contributed by atoms with Crippen LogP contribution in [0.2, 0.25) is 0 Å². The van der Waals surface area contributed by atoms with Crippen LogP contribution < -0.4 is 21.3 Å². The van der Waals surface area contributed by atoms with Gasteiger partial charge in [-0.25, -0.2) is 9.59 Å². The lowest BCUT2D eigenvalue weighted by Gasteiger charge is -2.15. The normalized spacial score (nSPS) is 9.88. The zero-order valence-corrected chi connectivity index (χ0v) is 19.6. The van der Waals surface area contributed by atoms with Crippen molar-refractivity contribution < 1.29 is 19.1 Å². The van der Waals surface area contributed by atoms with Gasteiger partial charge in [0.25, 0.3) is 0 Å². The van der Waals surface area contributed by atoms with E-state index in [0.717, 1.165) is 11.1 Å². The highest BCUT2D eigenvalue weighted by atomic mass is 32.1. The number of hydrogen-bond donors (Lipinski definition) is 4. The number of nitrogens with one attached hydrogen (secondary N) is 4. The van der Waals surface area contributed by atoms with Crippen molar-refractivity contribution in [2.75, 3.05) is 10.6 Å². The number of amides is 2. The molecule has 0 aromatic heterocycles. The number of hydrogen-bond acceptors (Lipinski definition) is 6. The molecule has 0 fully saturated rings. The van der Waals surface area contributed by atoms with E-state index in [9.17, 15) is 9.59 Å². The summed E-state index contributed by atoms with van der Waals surface area (Å²) in [6.07, 6.45) is -1.38. The Balaban J connectivity index is 1.46. The predicted octanol–water partition coefficient (Wildman–Crippen LogP) is 4.93. The highest BCUT2D eigenvalue weighted by Gasteiger charge is 2.11. The standard InChI is InChI=1S/C24H22N4O4S2/c29-23(31-15-17-9-3-1-4-10-17)27-21(33)25-19-13-7-8-14-20(19)26-22(34)28-24(30)32-16-18-11-5-2-6-12-18/h1-14H,15-16H2,(H2,25,27,29,33)(H2,26,28,30,34). The van der Waals surface area contributed by atoms with Gasteiger partial charge >= 0.3 is 12.2 Å². The maximum Gasteiger partial charge on any atom is 0.413 e. The van der Waals surface area contributed by atoms with E-state index in [1.807, 2.05) is 60.7 Å². The molecular weight excluding hydrogens is 472 g/mol. The Kier molecular flexibility index (Phi) is 9.32. The monoisotopic (exact) mass is 494 g/mol. The van der Waals surface area contributed by atoms with Crippen LogP contribution in [0.3, 0.4) is 0 Å². The maximum atomic E-state index is 12.0. The van der Waals surface area contributed by atoms with Crippen molar-refractivity contribution in [3.8, 4) is 0 Å². The number of carbonyl (C=O) groups is 2. The van der Waals surface area contributed by atoms with Gasteiger partial charge in [0, 0.05) is 0 Å². The number of anilines is 2. The Hall–Kier alpha value is -4.02. The number of rotatable bonds is 6. The molecule has 10 heteroatoms. The Labute approximate surface area is 207 Å². The van der Waals surface area contributed by atoms with Gasteiger partial charge in [0.15, 0.2) is 10.2 Å². The SMILES string of the molecule is O=C(NC(=S)Nc1ccccc1NC(=S)NC(=O)OCc1ccccc1)OCc1ccccc1. The van der Waals surface area contributed by atoms with E-state index in [-0.39, 0.29) is 23.4 Å². The van der Waals surface area contributed by atoms with Crippen LogP contribution in [0, 0.1) is 0 Å². The maximum absolute atomic E-state index is 12.0. The molecule has 0 aliphatic rings. The number of alkyl carbamates (subject to hydrolysis) is 2. The highest BCUT2D eigenvalue weighted by Crippen LogP contribution is 2.20. The number of benzene rings is 3. The molecule has 0 heterocycles. The molecule has 0 atom stereocenters. The van der Waals surface area contributed by atoms with Gasteiger partial charge in [0.1, 0.15) is 13.2 Å². The van der Waals surface area contributed by atoms with E-state index in [0.29, 0.717) is 11.4 Å². The van der Waals surface area contributed by atoms with E-state index in [1.165, 1.54) is 0 Å². The first-order chi connectivity index (χ1) is 16.5. The van der Waals surface area contributed by atoms with Crippen molar-refractivity contribution in [3.63, 3.8) is 0 Å². The van der Waals surface area contributed by atoms with Crippen LogP contribution >= 0.6 is 24.4 Å². The van der Waals surface area contributed by atoms with Gasteiger partial charge in [-0.05, 0) is 47.7 Å². The number of carbonyl (C=O) groups excluding carboxylic acids is 2. The molecule has 4 N–H and O–H groups in total. The van der Waals surface area contributed by atoms with Crippen molar-refractivity contribution in [3.05, 3.63) is 96.1 Å². The molecule has 0 spiro atoms. The molecule has 0 aliphatic carbocycles. The molecule has 8 nitrogen and oxygen atoms in total. The summed E-state index contributed by atoms with van der Waals surface area (Å²) in [5.74, 6) is 0. The summed E-state index contributed by atoms with van der Waals surface area (Å²) < 4.78 is 10.3. The van der Waals surface area contributed by atoms with Gasteiger partial charge in [-0.15, -0.1) is 0 Å². The van der Waals surface area contributed by atoms with Crippen molar-refractivity contribution in [2.45, 2.75) is 13.2 Å². The van der Waals surface area contributed by atoms with Gasteiger partial charge < -0.3 is 20.1 Å². The summed E-state index contributed by atoms with van der Waals surface area (Å²) in [4.78, 5) is 24.0. The first-order valence-corrected chi connectivity index (χ1v) is 11.0. The third-order valence-corrected chi connectivity index (χ3v) is 4.69. The summed E-state index contributed by atoms with van der Waals surface area (Å²) in [6.45, 7) is 0.238. The van der Waals surface area contributed by atoms with Crippen LogP contribution in [-0.2, 0) is 22.7 Å². The highest BCUT2D eigenvalue weighted by molar-refractivity contribution is 7.80. The molecule has 174 valence electrons. The van der Waals surface area contributed by atoms with Crippen LogP contribution in [0.4, 0.5) is 21.0 Å². The molecule has 0 saturated heterocycles. The topological polar surface area (TPSA) is 101 Å². The first-order valence-electron chi connectivity index (χ1n) is 10.2. The van der Waals surface area contributed by atoms with Crippen LogP contribution in [-0.4, -0.2) is 22.4 Å². The van der Waals surface area contributed by atoms with E-state index in [1.54, 1.807) is 24.3 Å². The zero-order valence-electron chi connectivity index (χ0n) is 17.9. The zero-order chi connectivity index (χ0) is 24.2. The second kappa shape index (κ2) is 12.9. The van der Waals surface area contributed by atoms with Gasteiger partial charge in [-0.2, -0.15) is 0 Å². The van der Waals surface area contributed by atoms with Crippen molar-refractivity contribution in [2.24, 2.45) is 0 Å². The lowest BCUT2D eigenvalue weighted by atomic mass is 10.2. The molecule has 0 unspecified atom stereocenters. The number of ether oxygens (including phenoxy) is 2. The Bertz CT molecular complexity index is 1050. The third-order valence-electron chi connectivity index (χ3n) is 4.28. The predicted molar refractivity (Wildman–Crippen MR) is 138 cm³/mol. The van der Waals surface area contributed by atoms with E-state index in [4.69, 9.17) is 33.9 Å². The largest absolute Gasteiger partial charge is 0.444 e. The van der Waals surface area contributed by atoms with Gasteiger partial charge in [0.2, 0.25) is 0 Å². The summed E-state index contributed by atoms with van der Waals surface area (Å²) in [7, 11) is 0. The quantitative estimate of drug-likeness (QED) is 0.358. The summed E-state index contributed by atoms with van der Waals surface area (Å²) in [6, 6.07) is 25.6. The van der Waals surface area contributed by atoms with E-state index in [2.05, 4.69) is 21.3 Å².